The third-order valence-corrected chi connectivity index (χ3v) is 6.81. The fraction of sp³-hybridized carbons (Fsp3) is 0.368. The number of likely N-dealkylation sites (N-methyl/N-ethyl adjacent to an activating group) is 1. The zero-order valence-corrected chi connectivity index (χ0v) is 16.7. The van der Waals surface area contributed by atoms with Crippen molar-refractivity contribution in [3.05, 3.63) is 58.1 Å². The Bertz CT molecular complexity index is 969. The van der Waals surface area contributed by atoms with Gasteiger partial charge in [0.15, 0.2) is 0 Å². The first-order chi connectivity index (χ1) is 13.3. The third kappa shape index (κ3) is 4.16. The number of nitro benzene ring substituents is 1. The molecule has 3 rings (SSSR count). The second-order valence-corrected chi connectivity index (χ2v) is 8.75. The summed E-state index contributed by atoms with van der Waals surface area (Å²) in [5.74, 6) is 0.540. The molecule has 0 atom stereocenters. The maximum absolute atomic E-state index is 12.9. The van der Waals surface area contributed by atoms with Crippen LogP contribution < -0.4 is 9.64 Å². The molecule has 28 heavy (non-hydrogen) atoms. The highest BCUT2D eigenvalue weighted by molar-refractivity contribution is 7.89. The molecule has 1 aliphatic rings. The van der Waals surface area contributed by atoms with Crippen LogP contribution in [0.25, 0.3) is 0 Å². The molecule has 0 unspecified atom stereocenters. The van der Waals surface area contributed by atoms with E-state index in [1.807, 2.05) is 26.1 Å². The van der Waals surface area contributed by atoms with Gasteiger partial charge in [-0.2, -0.15) is 4.31 Å². The molecule has 0 radical (unpaired) electrons. The average molecular weight is 406 g/mol. The van der Waals surface area contributed by atoms with Crippen LogP contribution in [0.1, 0.15) is 12.5 Å². The molecule has 0 saturated carbocycles. The topological polar surface area (TPSA) is 94.2 Å². The van der Waals surface area contributed by atoms with Gasteiger partial charge < -0.3 is 9.64 Å². The van der Waals surface area contributed by atoms with Gasteiger partial charge in [0, 0.05) is 6.07 Å². The van der Waals surface area contributed by atoms with Crippen molar-refractivity contribution in [2.75, 3.05) is 33.2 Å². The van der Waals surface area contributed by atoms with Crippen LogP contribution in [0.4, 0.5) is 5.69 Å². The van der Waals surface area contributed by atoms with Crippen molar-refractivity contribution in [3.8, 4) is 11.5 Å². The Morgan fingerprint density at radius 2 is 1.82 bits per heavy atom. The Kier molecular flexibility index (Phi) is 5.97. The van der Waals surface area contributed by atoms with E-state index in [2.05, 4.69) is 0 Å². The van der Waals surface area contributed by atoms with Gasteiger partial charge in [-0.25, -0.2) is 8.42 Å². The van der Waals surface area contributed by atoms with Crippen molar-refractivity contribution in [1.82, 2.24) is 4.31 Å². The number of hydrogen-bond acceptors (Lipinski definition) is 5. The molecule has 1 heterocycles. The molecule has 0 aromatic heterocycles. The van der Waals surface area contributed by atoms with Gasteiger partial charge in [-0.15, -0.1) is 0 Å². The lowest BCUT2D eigenvalue weighted by molar-refractivity contribution is -0.883. The van der Waals surface area contributed by atoms with E-state index in [1.165, 1.54) is 21.3 Å². The Morgan fingerprint density at radius 3 is 2.46 bits per heavy atom. The van der Waals surface area contributed by atoms with Crippen molar-refractivity contribution in [3.63, 3.8) is 0 Å². The fourth-order valence-corrected chi connectivity index (χ4v) is 4.62. The Labute approximate surface area is 164 Å². The molecular formula is C19H24N3O5S+. The first-order valence-corrected chi connectivity index (χ1v) is 10.6. The van der Waals surface area contributed by atoms with E-state index >= 15 is 0 Å². The number of benzene rings is 2. The summed E-state index contributed by atoms with van der Waals surface area (Å²) in [6.45, 7) is 4.16. The first kappa shape index (κ1) is 20.2. The molecule has 1 aliphatic heterocycles. The van der Waals surface area contributed by atoms with E-state index in [-0.39, 0.29) is 16.3 Å². The first-order valence-electron chi connectivity index (χ1n) is 9.18. The maximum Gasteiger partial charge on any atom is 0.312 e. The number of quaternary nitrogens is 1. The van der Waals surface area contributed by atoms with Gasteiger partial charge in [0.1, 0.15) is 5.75 Å². The summed E-state index contributed by atoms with van der Waals surface area (Å²) in [6.07, 6.45) is 0.710. The summed E-state index contributed by atoms with van der Waals surface area (Å²) in [4.78, 5) is 12.1. The number of sulfonamides is 1. The van der Waals surface area contributed by atoms with E-state index in [9.17, 15) is 18.5 Å². The highest BCUT2D eigenvalue weighted by Gasteiger charge is 2.31. The second kappa shape index (κ2) is 8.26. The van der Waals surface area contributed by atoms with Gasteiger partial charge in [0.25, 0.3) is 0 Å². The lowest BCUT2D eigenvalue weighted by Gasteiger charge is -2.29. The Morgan fingerprint density at radius 1 is 1.14 bits per heavy atom. The third-order valence-electron chi connectivity index (χ3n) is 4.91. The van der Waals surface area contributed by atoms with Gasteiger partial charge in [0.05, 0.1) is 43.0 Å². The van der Waals surface area contributed by atoms with Crippen molar-refractivity contribution in [1.29, 1.82) is 0 Å². The standard InChI is InChI=1S/C19H23N3O5S/c1-3-15-6-4-5-7-18(15)27-19-9-8-16(14-17(19)22(23)24)28(25,26)21-12-10-20(2)11-13-21/h4-9,14H,3,10-13H2,1-2H3/p+1. The predicted octanol–water partition coefficient (Wildman–Crippen LogP) is 1.47. The summed E-state index contributed by atoms with van der Waals surface area (Å²) in [5, 5.41) is 11.6. The summed E-state index contributed by atoms with van der Waals surface area (Å²) in [6, 6.07) is 11.1. The number of nitrogens with one attached hydrogen (secondary N) is 1. The number of para-hydroxylation sites is 1. The van der Waals surface area contributed by atoms with Crippen LogP contribution in [-0.2, 0) is 16.4 Å². The maximum atomic E-state index is 12.9. The van der Waals surface area contributed by atoms with Gasteiger partial charge in [0.2, 0.25) is 15.8 Å². The smallest absolute Gasteiger partial charge is 0.312 e. The second-order valence-electron chi connectivity index (χ2n) is 6.81. The molecule has 8 nitrogen and oxygen atoms in total. The van der Waals surface area contributed by atoms with Crippen LogP contribution in [0.3, 0.4) is 0 Å². The van der Waals surface area contributed by atoms with Gasteiger partial charge in [-0.1, -0.05) is 25.1 Å². The molecule has 2 aromatic rings. The van der Waals surface area contributed by atoms with E-state index in [1.54, 1.807) is 12.1 Å². The zero-order chi connectivity index (χ0) is 20.3. The molecule has 0 spiro atoms. The van der Waals surface area contributed by atoms with E-state index in [4.69, 9.17) is 4.74 Å². The Hall–Kier alpha value is -2.49. The lowest BCUT2D eigenvalue weighted by Crippen LogP contribution is -3.12. The number of nitro groups is 1. The minimum Gasteiger partial charge on any atom is -0.450 e. The van der Waals surface area contributed by atoms with Crippen LogP contribution in [0.15, 0.2) is 47.4 Å². The molecule has 150 valence electrons. The lowest BCUT2D eigenvalue weighted by atomic mass is 10.1. The molecule has 0 bridgehead atoms. The summed E-state index contributed by atoms with van der Waals surface area (Å²) in [5.41, 5.74) is 0.542. The van der Waals surface area contributed by atoms with Crippen molar-refractivity contribution in [2.24, 2.45) is 0 Å². The van der Waals surface area contributed by atoms with E-state index in [0.717, 1.165) is 11.6 Å². The zero-order valence-electron chi connectivity index (χ0n) is 15.9. The Balaban J connectivity index is 1.94. The minimum absolute atomic E-state index is 0.0210. The molecule has 1 N–H and O–H groups in total. The number of nitrogens with zero attached hydrogens (tertiary/aromatic N) is 2. The van der Waals surface area contributed by atoms with Crippen LogP contribution in [0.5, 0.6) is 11.5 Å². The SMILES string of the molecule is CCc1ccccc1Oc1ccc(S(=O)(=O)N2CC[NH+](C)CC2)cc1[N+](=O)[O-]. The molecule has 0 aliphatic carbocycles. The average Bonchev–Trinajstić information content (AvgIpc) is 2.68. The number of aryl methyl sites for hydroxylation is 1. The molecule has 2 aromatic carbocycles. The van der Waals surface area contributed by atoms with Crippen LogP contribution in [-0.4, -0.2) is 50.9 Å². The van der Waals surface area contributed by atoms with Crippen LogP contribution in [0, 0.1) is 10.1 Å². The highest BCUT2D eigenvalue weighted by atomic mass is 32.2. The largest absolute Gasteiger partial charge is 0.450 e. The van der Waals surface area contributed by atoms with Gasteiger partial charge in [-0.3, -0.25) is 10.1 Å². The molecule has 0 amide bonds. The minimum atomic E-state index is -3.78. The molecule has 1 saturated heterocycles. The van der Waals surface area contributed by atoms with Crippen LogP contribution in [0.2, 0.25) is 0 Å². The number of rotatable bonds is 6. The summed E-state index contributed by atoms with van der Waals surface area (Å²) < 4.78 is 32.9. The monoisotopic (exact) mass is 406 g/mol. The molecule has 9 heteroatoms. The quantitative estimate of drug-likeness (QED) is 0.579. The van der Waals surface area contributed by atoms with Gasteiger partial charge in [-0.05, 0) is 30.2 Å². The van der Waals surface area contributed by atoms with Crippen LogP contribution >= 0.6 is 0 Å². The number of ether oxygens (including phenoxy) is 1. The van der Waals surface area contributed by atoms with E-state index < -0.39 is 14.9 Å². The van der Waals surface area contributed by atoms with Crippen molar-refractivity contribution >= 4 is 15.7 Å². The summed E-state index contributed by atoms with van der Waals surface area (Å²) in [7, 11) is -1.77. The number of hydrogen-bond donors (Lipinski definition) is 1. The van der Waals surface area contributed by atoms with Crippen molar-refractivity contribution in [2.45, 2.75) is 18.2 Å². The molecular weight excluding hydrogens is 382 g/mol. The normalized spacial score (nSPS) is 16.1. The number of piperazine rings is 1. The van der Waals surface area contributed by atoms with E-state index in [0.29, 0.717) is 38.3 Å². The molecule has 1 fully saturated rings. The summed E-state index contributed by atoms with van der Waals surface area (Å²) >= 11 is 0. The van der Waals surface area contributed by atoms with Gasteiger partial charge >= 0.3 is 5.69 Å². The predicted molar refractivity (Wildman–Crippen MR) is 104 cm³/mol. The fourth-order valence-electron chi connectivity index (χ4n) is 3.16. The van der Waals surface area contributed by atoms with Crippen molar-refractivity contribution < 1.29 is 23.0 Å². The highest BCUT2D eigenvalue weighted by Crippen LogP contribution is 2.35.